The lowest BCUT2D eigenvalue weighted by Gasteiger charge is -2.37. The molecule has 1 aliphatic heterocycles. The average molecular weight is 342 g/mol. The Kier molecular flexibility index (Phi) is 5.22. The van der Waals surface area contributed by atoms with Gasteiger partial charge in [0.25, 0.3) is 5.91 Å². The third kappa shape index (κ3) is 4.10. The molecular weight excluding hydrogens is 319 g/mol. The summed E-state index contributed by atoms with van der Waals surface area (Å²) in [7, 11) is 0. The predicted octanol–water partition coefficient (Wildman–Crippen LogP) is 3.25. The van der Waals surface area contributed by atoms with Crippen LogP contribution in [0, 0.1) is 12.7 Å². The maximum atomic E-state index is 12.9. The van der Waals surface area contributed by atoms with Crippen LogP contribution in [0.2, 0.25) is 0 Å². The fraction of sp³-hybridized carbons (Fsp3) is 0.350. The van der Waals surface area contributed by atoms with Crippen LogP contribution in [-0.4, -0.2) is 43.1 Å². The van der Waals surface area contributed by atoms with Crippen LogP contribution < -0.4 is 9.64 Å². The lowest BCUT2D eigenvalue weighted by molar-refractivity contribution is -0.138. The summed E-state index contributed by atoms with van der Waals surface area (Å²) < 4.78 is 18.6. The first kappa shape index (κ1) is 17.3. The number of para-hydroxylation sites is 1. The van der Waals surface area contributed by atoms with Crippen LogP contribution in [0.4, 0.5) is 10.1 Å². The number of hydrogen-bond acceptors (Lipinski definition) is 3. The number of halogens is 1. The fourth-order valence-corrected chi connectivity index (χ4v) is 3.11. The number of anilines is 1. The summed E-state index contributed by atoms with van der Waals surface area (Å²) in [5, 5.41) is 0. The van der Waals surface area contributed by atoms with Gasteiger partial charge in [0.05, 0.1) is 0 Å². The largest absolute Gasteiger partial charge is 0.481 e. The number of aryl methyl sites for hydroxylation is 1. The number of hydrogen-bond donors (Lipinski definition) is 0. The first-order valence-corrected chi connectivity index (χ1v) is 8.56. The highest BCUT2D eigenvalue weighted by molar-refractivity contribution is 5.81. The number of benzene rings is 2. The normalized spacial score (nSPS) is 15.8. The summed E-state index contributed by atoms with van der Waals surface area (Å²) >= 11 is 0. The van der Waals surface area contributed by atoms with Gasteiger partial charge in [0.15, 0.2) is 6.10 Å². The molecule has 3 rings (SSSR count). The lowest BCUT2D eigenvalue weighted by atomic mass is 10.1. The zero-order valence-electron chi connectivity index (χ0n) is 14.6. The highest BCUT2D eigenvalue weighted by Gasteiger charge is 2.26. The van der Waals surface area contributed by atoms with E-state index in [0.717, 1.165) is 13.1 Å². The van der Waals surface area contributed by atoms with Gasteiger partial charge in [0.2, 0.25) is 0 Å². The molecule has 1 saturated heterocycles. The number of carbonyl (C=O) groups excluding carboxylic acids is 1. The molecule has 0 aromatic heterocycles. The van der Waals surface area contributed by atoms with E-state index in [2.05, 4.69) is 24.0 Å². The van der Waals surface area contributed by atoms with Crippen molar-refractivity contribution >= 4 is 11.6 Å². The zero-order valence-corrected chi connectivity index (χ0v) is 14.6. The monoisotopic (exact) mass is 342 g/mol. The minimum atomic E-state index is -0.588. The SMILES string of the molecule is Cc1ccccc1N1CCN(C(=O)[C@H](C)Oc2ccc(F)cc2)CC1. The summed E-state index contributed by atoms with van der Waals surface area (Å²) in [6.07, 6.45) is -0.588. The molecule has 0 radical (unpaired) electrons. The molecule has 0 saturated carbocycles. The van der Waals surface area contributed by atoms with Gasteiger partial charge in [0, 0.05) is 31.9 Å². The van der Waals surface area contributed by atoms with E-state index in [1.54, 1.807) is 6.92 Å². The van der Waals surface area contributed by atoms with Gasteiger partial charge in [-0.3, -0.25) is 4.79 Å². The molecule has 1 amide bonds. The van der Waals surface area contributed by atoms with Gasteiger partial charge in [-0.1, -0.05) is 18.2 Å². The number of nitrogens with zero attached hydrogens (tertiary/aromatic N) is 2. The number of ether oxygens (including phenoxy) is 1. The number of carbonyl (C=O) groups is 1. The molecule has 1 fully saturated rings. The van der Waals surface area contributed by atoms with Crippen molar-refractivity contribution in [1.82, 2.24) is 4.90 Å². The summed E-state index contributed by atoms with van der Waals surface area (Å²) in [6, 6.07) is 14.0. The molecule has 1 aliphatic rings. The van der Waals surface area contributed by atoms with Crippen molar-refractivity contribution in [2.75, 3.05) is 31.1 Å². The smallest absolute Gasteiger partial charge is 0.263 e. The van der Waals surface area contributed by atoms with Gasteiger partial charge in [-0.2, -0.15) is 0 Å². The molecule has 0 bridgehead atoms. The van der Waals surface area contributed by atoms with Crippen molar-refractivity contribution < 1.29 is 13.9 Å². The van der Waals surface area contributed by atoms with Crippen molar-refractivity contribution in [3.8, 4) is 5.75 Å². The molecule has 0 aliphatic carbocycles. The van der Waals surface area contributed by atoms with E-state index in [9.17, 15) is 9.18 Å². The maximum Gasteiger partial charge on any atom is 0.263 e. The van der Waals surface area contributed by atoms with Crippen molar-refractivity contribution in [3.63, 3.8) is 0 Å². The van der Waals surface area contributed by atoms with E-state index >= 15 is 0 Å². The van der Waals surface area contributed by atoms with E-state index in [1.807, 2.05) is 17.0 Å². The molecule has 2 aromatic carbocycles. The van der Waals surface area contributed by atoms with Gasteiger partial charge in [0.1, 0.15) is 11.6 Å². The standard InChI is InChI=1S/C20H23FN2O2/c1-15-5-3-4-6-19(15)22-11-13-23(14-12-22)20(24)16(2)25-18-9-7-17(21)8-10-18/h3-10,16H,11-14H2,1-2H3/t16-/m0/s1. The molecular formula is C20H23FN2O2. The second kappa shape index (κ2) is 7.55. The first-order chi connectivity index (χ1) is 12.0. The minimum Gasteiger partial charge on any atom is -0.481 e. The molecule has 0 N–H and O–H groups in total. The van der Waals surface area contributed by atoms with Crippen LogP contribution in [0.3, 0.4) is 0 Å². The van der Waals surface area contributed by atoms with Crippen molar-refractivity contribution in [2.24, 2.45) is 0 Å². The molecule has 2 aromatic rings. The summed E-state index contributed by atoms with van der Waals surface area (Å²) in [4.78, 5) is 16.7. The van der Waals surface area contributed by atoms with Crippen LogP contribution in [0.25, 0.3) is 0 Å². The molecule has 25 heavy (non-hydrogen) atoms. The molecule has 132 valence electrons. The molecule has 1 heterocycles. The van der Waals surface area contributed by atoms with E-state index in [1.165, 1.54) is 35.5 Å². The second-order valence-corrected chi connectivity index (χ2v) is 6.31. The molecule has 0 unspecified atom stereocenters. The van der Waals surface area contributed by atoms with E-state index in [0.29, 0.717) is 18.8 Å². The quantitative estimate of drug-likeness (QED) is 0.855. The van der Waals surface area contributed by atoms with Crippen LogP contribution in [0.1, 0.15) is 12.5 Å². The molecule has 0 spiro atoms. The van der Waals surface area contributed by atoms with Crippen molar-refractivity contribution in [3.05, 3.63) is 59.9 Å². The van der Waals surface area contributed by atoms with Crippen LogP contribution in [0.15, 0.2) is 48.5 Å². The Morgan fingerprint density at radius 1 is 1.04 bits per heavy atom. The molecule has 1 atom stereocenters. The Hall–Kier alpha value is -2.56. The van der Waals surface area contributed by atoms with Gasteiger partial charge in [-0.25, -0.2) is 4.39 Å². The Balaban J connectivity index is 1.56. The Bertz CT molecular complexity index is 725. The van der Waals surface area contributed by atoms with E-state index < -0.39 is 6.10 Å². The Morgan fingerprint density at radius 2 is 1.68 bits per heavy atom. The Labute approximate surface area is 147 Å². The van der Waals surface area contributed by atoms with Gasteiger partial charge in [-0.15, -0.1) is 0 Å². The third-order valence-electron chi connectivity index (χ3n) is 4.52. The zero-order chi connectivity index (χ0) is 17.8. The summed E-state index contributed by atoms with van der Waals surface area (Å²) in [5.41, 5.74) is 2.47. The van der Waals surface area contributed by atoms with Crippen LogP contribution in [0.5, 0.6) is 5.75 Å². The lowest BCUT2D eigenvalue weighted by Crippen LogP contribution is -2.52. The minimum absolute atomic E-state index is 0.0336. The van der Waals surface area contributed by atoms with E-state index in [4.69, 9.17) is 4.74 Å². The number of rotatable bonds is 4. The van der Waals surface area contributed by atoms with Gasteiger partial charge in [-0.05, 0) is 49.7 Å². The van der Waals surface area contributed by atoms with Crippen molar-refractivity contribution in [1.29, 1.82) is 0 Å². The number of amides is 1. The summed E-state index contributed by atoms with van der Waals surface area (Å²) in [6.45, 7) is 6.79. The maximum absolute atomic E-state index is 12.9. The number of piperazine rings is 1. The predicted molar refractivity (Wildman–Crippen MR) is 96.5 cm³/mol. The Morgan fingerprint density at radius 3 is 2.32 bits per heavy atom. The summed E-state index contributed by atoms with van der Waals surface area (Å²) in [5.74, 6) is 0.146. The van der Waals surface area contributed by atoms with Crippen LogP contribution in [-0.2, 0) is 4.79 Å². The molecule has 5 heteroatoms. The van der Waals surface area contributed by atoms with E-state index in [-0.39, 0.29) is 11.7 Å². The van der Waals surface area contributed by atoms with Crippen molar-refractivity contribution in [2.45, 2.75) is 20.0 Å². The molecule has 4 nitrogen and oxygen atoms in total. The first-order valence-electron chi connectivity index (χ1n) is 8.56. The van der Waals surface area contributed by atoms with Crippen LogP contribution >= 0.6 is 0 Å². The van der Waals surface area contributed by atoms with Gasteiger partial charge >= 0.3 is 0 Å². The second-order valence-electron chi connectivity index (χ2n) is 6.31. The fourth-order valence-electron chi connectivity index (χ4n) is 3.11. The topological polar surface area (TPSA) is 32.8 Å². The highest BCUT2D eigenvalue weighted by atomic mass is 19.1. The third-order valence-corrected chi connectivity index (χ3v) is 4.52. The highest BCUT2D eigenvalue weighted by Crippen LogP contribution is 2.21. The van der Waals surface area contributed by atoms with Gasteiger partial charge < -0.3 is 14.5 Å². The average Bonchev–Trinajstić information content (AvgIpc) is 2.63.